The first-order valence-electron chi connectivity index (χ1n) is 9.57. The molecule has 0 aromatic carbocycles. The summed E-state index contributed by atoms with van der Waals surface area (Å²) in [6.45, 7) is 5.87. The van der Waals surface area contributed by atoms with E-state index in [1.54, 1.807) is 12.4 Å². The minimum Gasteiger partial charge on any atom is -0.380 e. The number of nitrogens with zero attached hydrogens (tertiary/aromatic N) is 2. The van der Waals surface area contributed by atoms with Crippen molar-refractivity contribution in [2.75, 3.05) is 32.9 Å². The van der Waals surface area contributed by atoms with Crippen LogP contribution in [0.4, 0.5) is 0 Å². The Morgan fingerprint density at radius 3 is 3.08 bits per heavy atom. The van der Waals surface area contributed by atoms with Gasteiger partial charge in [-0.05, 0) is 56.6 Å². The topological polar surface area (TPSA) is 51.7 Å². The first kappa shape index (κ1) is 17.0. The van der Waals surface area contributed by atoms with Crippen molar-refractivity contribution >= 4 is 5.91 Å². The van der Waals surface area contributed by atoms with E-state index in [1.165, 1.54) is 12.8 Å². The molecule has 3 fully saturated rings. The van der Waals surface area contributed by atoms with Gasteiger partial charge in [0, 0.05) is 44.1 Å². The number of pyridine rings is 1. The number of rotatable bonds is 5. The fraction of sp³-hybridized carbons (Fsp3) is 0.700. The van der Waals surface area contributed by atoms with Crippen molar-refractivity contribution in [1.29, 1.82) is 0 Å². The summed E-state index contributed by atoms with van der Waals surface area (Å²) in [5, 5.41) is 0. The Labute approximate surface area is 149 Å². The van der Waals surface area contributed by atoms with Crippen LogP contribution < -0.4 is 0 Å². The predicted molar refractivity (Wildman–Crippen MR) is 94.4 cm³/mol. The van der Waals surface area contributed by atoms with Crippen LogP contribution in [-0.2, 0) is 9.47 Å². The van der Waals surface area contributed by atoms with Crippen LogP contribution >= 0.6 is 0 Å². The lowest BCUT2D eigenvalue weighted by atomic mass is 9.73. The van der Waals surface area contributed by atoms with Gasteiger partial charge in [0.1, 0.15) is 0 Å². The van der Waals surface area contributed by atoms with Crippen LogP contribution in [0.1, 0.15) is 48.0 Å². The molecule has 2 saturated heterocycles. The lowest BCUT2D eigenvalue weighted by Gasteiger charge is -2.50. The lowest BCUT2D eigenvalue weighted by Crippen LogP contribution is -2.58. The number of carbonyl (C=O) groups is 1. The molecule has 0 spiro atoms. The van der Waals surface area contributed by atoms with Gasteiger partial charge in [0.15, 0.2) is 0 Å². The maximum absolute atomic E-state index is 13.0. The average molecular weight is 344 g/mol. The quantitative estimate of drug-likeness (QED) is 0.824. The van der Waals surface area contributed by atoms with Crippen molar-refractivity contribution in [1.82, 2.24) is 9.88 Å². The van der Waals surface area contributed by atoms with Crippen molar-refractivity contribution < 1.29 is 14.3 Å². The monoisotopic (exact) mass is 344 g/mol. The summed E-state index contributed by atoms with van der Waals surface area (Å²) in [5.41, 5.74) is 1.66. The Balaban J connectivity index is 1.47. The summed E-state index contributed by atoms with van der Waals surface area (Å²) >= 11 is 0. The molecule has 136 valence electrons. The Hall–Kier alpha value is -1.46. The minimum atomic E-state index is -0.0433. The highest BCUT2D eigenvalue weighted by Crippen LogP contribution is 2.41. The van der Waals surface area contributed by atoms with Crippen LogP contribution in [0.25, 0.3) is 0 Å². The summed E-state index contributed by atoms with van der Waals surface area (Å²) in [5.74, 6) is 0.848. The van der Waals surface area contributed by atoms with Crippen LogP contribution in [0, 0.1) is 18.3 Å². The Morgan fingerprint density at radius 1 is 1.40 bits per heavy atom. The SMILES string of the molecule is Cc1cncc(C(=O)N2CC[C@@H]3OCCC[C@]3(COCC3CC3)C2)c1. The molecule has 1 amide bonds. The van der Waals surface area contributed by atoms with Crippen molar-refractivity contribution in [2.24, 2.45) is 11.3 Å². The molecule has 5 heteroatoms. The molecule has 5 nitrogen and oxygen atoms in total. The first-order valence-corrected chi connectivity index (χ1v) is 9.57. The van der Waals surface area contributed by atoms with Crippen LogP contribution in [0.15, 0.2) is 18.5 Å². The second-order valence-electron chi connectivity index (χ2n) is 8.05. The number of aryl methyl sites for hydroxylation is 1. The highest BCUT2D eigenvalue weighted by atomic mass is 16.5. The van der Waals surface area contributed by atoms with Crippen molar-refractivity contribution in [3.63, 3.8) is 0 Å². The zero-order valence-corrected chi connectivity index (χ0v) is 15.1. The smallest absolute Gasteiger partial charge is 0.255 e. The van der Waals surface area contributed by atoms with Crippen molar-refractivity contribution in [3.05, 3.63) is 29.6 Å². The summed E-state index contributed by atoms with van der Waals surface area (Å²) in [6, 6.07) is 1.93. The number of ether oxygens (including phenoxy) is 2. The molecule has 25 heavy (non-hydrogen) atoms. The summed E-state index contributed by atoms with van der Waals surface area (Å²) in [4.78, 5) is 19.1. The highest BCUT2D eigenvalue weighted by molar-refractivity contribution is 5.94. The predicted octanol–water partition coefficient (Wildman–Crippen LogP) is 2.83. The van der Waals surface area contributed by atoms with E-state index in [2.05, 4.69) is 4.98 Å². The molecule has 2 aliphatic heterocycles. The first-order chi connectivity index (χ1) is 12.2. The van der Waals surface area contributed by atoms with E-state index in [1.807, 2.05) is 17.9 Å². The van der Waals surface area contributed by atoms with Crippen LogP contribution in [-0.4, -0.2) is 54.8 Å². The molecule has 0 bridgehead atoms. The third kappa shape index (κ3) is 3.72. The molecule has 0 radical (unpaired) electrons. The maximum atomic E-state index is 13.0. The third-order valence-corrected chi connectivity index (χ3v) is 5.84. The number of hydrogen-bond donors (Lipinski definition) is 0. The third-order valence-electron chi connectivity index (χ3n) is 5.84. The molecule has 3 aliphatic rings. The van der Waals surface area contributed by atoms with E-state index in [0.717, 1.165) is 57.0 Å². The second kappa shape index (κ2) is 7.04. The standard InChI is InChI=1S/C20H28N2O3/c1-15-9-17(11-21-10-15)19(23)22-7-5-18-20(13-22,6-2-8-25-18)14-24-12-16-3-4-16/h9-11,16,18H,2-8,12-14H2,1H3/t18-,20+/m0/s1. The number of likely N-dealkylation sites (tertiary alicyclic amines) is 1. The van der Waals surface area contributed by atoms with Crippen LogP contribution in [0.5, 0.6) is 0 Å². The fourth-order valence-electron chi connectivity index (χ4n) is 4.24. The van der Waals surface area contributed by atoms with E-state index >= 15 is 0 Å². The van der Waals surface area contributed by atoms with E-state index < -0.39 is 0 Å². The summed E-state index contributed by atoms with van der Waals surface area (Å²) < 4.78 is 12.2. The van der Waals surface area contributed by atoms with Crippen molar-refractivity contribution in [3.8, 4) is 0 Å². The van der Waals surface area contributed by atoms with E-state index in [4.69, 9.17) is 9.47 Å². The zero-order valence-electron chi connectivity index (χ0n) is 15.1. The molecule has 1 aliphatic carbocycles. The van der Waals surface area contributed by atoms with Crippen LogP contribution in [0.3, 0.4) is 0 Å². The number of carbonyl (C=O) groups excluding carboxylic acids is 1. The zero-order chi connectivity index (χ0) is 17.3. The molecule has 4 rings (SSSR count). The van der Waals surface area contributed by atoms with E-state index in [0.29, 0.717) is 12.2 Å². The number of piperidine rings is 1. The second-order valence-corrected chi connectivity index (χ2v) is 8.05. The molecule has 2 atom stereocenters. The van der Waals surface area contributed by atoms with Gasteiger partial charge in [-0.25, -0.2) is 0 Å². The highest BCUT2D eigenvalue weighted by Gasteiger charge is 2.47. The van der Waals surface area contributed by atoms with Gasteiger partial charge in [-0.3, -0.25) is 9.78 Å². The number of aromatic nitrogens is 1. The Morgan fingerprint density at radius 2 is 2.28 bits per heavy atom. The summed E-state index contributed by atoms with van der Waals surface area (Å²) in [7, 11) is 0. The molecule has 1 aromatic heterocycles. The largest absolute Gasteiger partial charge is 0.380 e. The maximum Gasteiger partial charge on any atom is 0.255 e. The van der Waals surface area contributed by atoms with Gasteiger partial charge in [0.25, 0.3) is 5.91 Å². The number of hydrogen-bond acceptors (Lipinski definition) is 4. The molecular weight excluding hydrogens is 316 g/mol. The molecule has 1 aromatic rings. The molecule has 0 N–H and O–H groups in total. The van der Waals surface area contributed by atoms with Gasteiger partial charge >= 0.3 is 0 Å². The fourth-order valence-corrected chi connectivity index (χ4v) is 4.24. The minimum absolute atomic E-state index is 0.0433. The lowest BCUT2D eigenvalue weighted by molar-refractivity contribution is -0.147. The van der Waals surface area contributed by atoms with E-state index in [9.17, 15) is 4.79 Å². The Kier molecular flexibility index (Phi) is 4.78. The van der Waals surface area contributed by atoms with Gasteiger partial charge < -0.3 is 14.4 Å². The number of amides is 1. The normalized spacial score (nSPS) is 29.3. The number of fused-ring (bicyclic) bond motifs is 1. The van der Waals surface area contributed by atoms with Crippen LogP contribution in [0.2, 0.25) is 0 Å². The van der Waals surface area contributed by atoms with Gasteiger partial charge in [-0.1, -0.05) is 0 Å². The average Bonchev–Trinajstić information content (AvgIpc) is 3.45. The van der Waals surface area contributed by atoms with Gasteiger partial charge in [-0.2, -0.15) is 0 Å². The van der Waals surface area contributed by atoms with Gasteiger partial charge in [0.2, 0.25) is 0 Å². The molecule has 1 saturated carbocycles. The molecule has 0 unspecified atom stereocenters. The molecular formula is C20H28N2O3. The van der Waals surface area contributed by atoms with Crippen molar-refractivity contribution in [2.45, 2.75) is 45.1 Å². The Bertz CT molecular complexity index is 631. The van der Waals surface area contributed by atoms with E-state index in [-0.39, 0.29) is 17.4 Å². The van der Waals surface area contributed by atoms with Gasteiger partial charge in [0.05, 0.1) is 18.3 Å². The summed E-state index contributed by atoms with van der Waals surface area (Å²) in [6.07, 6.45) is 9.32. The molecule has 3 heterocycles. The van der Waals surface area contributed by atoms with Gasteiger partial charge in [-0.15, -0.1) is 0 Å².